The summed E-state index contributed by atoms with van der Waals surface area (Å²) in [5.41, 5.74) is 1.82. The monoisotopic (exact) mass is 245 g/mol. The molecule has 1 aliphatic heterocycles. The van der Waals surface area contributed by atoms with E-state index in [2.05, 4.69) is 15.2 Å². The van der Waals surface area contributed by atoms with Gasteiger partial charge in [-0.15, -0.1) is 0 Å². The molecular formula is C14H19N3O. The SMILES string of the molecule is CNCC1CCCCN1c1nc2ccccc2o1. The van der Waals surface area contributed by atoms with Gasteiger partial charge in [-0.25, -0.2) is 0 Å². The predicted molar refractivity (Wildman–Crippen MR) is 72.9 cm³/mol. The van der Waals surface area contributed by atoms with E-state index in [1.807, 2.05) is 31.3 Å². The van der Waals surface area contributed by atoms with Gasteiger partial charge in [-0.05, 0) is 38.4 Å². The second kappa shape index (κ2) is 4.98. The summed E-state index contributed by atoms with van der Waals surface area (Å²) in [6.07, 6.45) is 3.72. The second-order valence-electron chi connectivity index (χ2n) is 4.86. The summed E-state index contributed by atoms with van der Waals surface area (Å²) in [7, 11) is 2.00. The number of benzene rings is 1. The Balaban J connectivity index is 1.91. The average Bonchev–Trinajstić information content (AvgIpc) is 2.83. The Morgan fingerprint density at radius 1 is 1.39 bits per heavy atom. The van der Waals surface area contributed by atoms with Gasteiger partial charge in [-0.2, -0.15) is 4.98 Å². The summed E-state index contributed by atoms with van der Waals surface area (Å²) in [5.74, 6) is 0. The van der Waals surface area contributed by atoms with Crippen molar-refractivity contribution < 1.29 is 4.42 Å². The highest BCUT2D eigenvalue weighted by Crippen LogP contribution is 2.27. The van der Waals surface area contributed by atoms with Crippen molar-refractivity contribution in [3.05, 3.63) is 24.3 Å². The molecule has 1 aliphatic rings. The molecule has 1 aromatic heterocycles. The third-order valence-corrected chi connectivity index (χ3v) is 3.60. The molecule has 0 aliphatic carbocycles. The maximum Gasteiger partial charge on any atom is 0.298 e. The normalized spacial score (nSPS) is 20.5. The van der Waals surface area contributed by atoms with E-state index in [4.69, 9.17) is 4.42 Å². The van der Waals surface area contributed by atoms with Crippen LogP contribution in [0.2, 0.25) is 0 Å². The Morgan fingerprint density at radius 3 is 3.11 bits per heavy atom. The number of hydrogen-bond acceptors (Lipinski definition) is 4. The lowest BCUT2D eigenvalue weighted by molar-refractivity contribution is 0.414. The van der Waals surface area contributed by atoms with E-state index in [0.717, 1.165) is 30.2 Å². The summed E-state index contributed by atoms with van der Waals surface area (Å²) >= 11 is 0. The van der Waals surface area contributed by atoms with E-state index in [0.29, 0.717) is 6.04 Å². The van der Waals surface area contributed by atoms with Gasteiger partial charge in [0.1, 0.15) is 5.52 Å². The van der Waals surface area contributed by atoms with Gasteiger partial charge in [0.2, 0.25) is 0 Å². The third-order valence-electron chi connectivity index (χ3n) is 3.60. The molecule has 4 heteroatoms. The molecule has 0 bridgehead atoms. The molecule has 0 amide bonds. The van der Waals surface area contributed by atoms with E-state index in [1.54, 1.807) is 0 Å². The number of oxazole rings is 1. The molecule has 2 heterocycles. The minimum absolute atomic E-state index is 0.497. The summed E-state index contributed by atoms with van der Waals surface area (Å²) < 4.78 is 5.87. The van der Waals surface area contributed by atoms with E-state index in [9.17, 15) is 0 Å². The third kappa shape index (κ3) is 2.08. The quantitative estimate of drug-likeness (QED) is 0.901. The zero-order chi connectivity index (χ0) is 12.4. The zero-order valence-electron chi connectivity index (χ0n) is 10.7. The number of fused-ring (bicyclic) bond motifs is 1. The Bertz CT molecular complexity index is 487. The average molecular weight is 245 g/mol. The van der Waals surface area contributed by atoms with Crippen LogP contribution in [-0.4, -0.2) is 31.2 Å². The molecule has 18 heavy (non-hydrogen) atoms. The largest absolute Gasteiger partial charge is 0.423 e. The van der Waals surface area contributed by atoms with Crippen molar-refractivity contribution in [3.8, 4) is 0 Å². The highest BCUT2D eigenvalue weighted by molar-refractivity contribution is 5.74. The number of nitrogens with one attached hydrogen (secondary N) is 1. The van der Waals surface area contributed by atoms with Crippen LogP contribution in [0.5, 0.6) is 0 Å². The standard InChI is InChI=1S/C14H19N3O/c1-15-10-11-6-4-5-9-17(11)14-16-12-7-2-3-8-13(12)18-14/h2-3,7-8,11,15H,4-6,9-10H2,1H3. The molecule has 1 unspecified atom stereocenters. The first kappa shape index (κ1) is 11.5. The van der Waals surface area contributed by atoms with Crippen LogP contribution in [0.1, 0.15) is 19.3 Å². The lowest BCUT2D eigenvalue weighted by atomic mass is 10.0. The van der Waals surface area contributed by atoms with Crippen LogP contribution >= 0.6 is 0 Å². The molecule has 2 aromatic rings. The fourth-order valence-electron chi connectivity index (χ4n) is 2.68. The van der Waals surface area contributed by atoms with Crippen molar-refractivity contribution in [1.29, 1.82) is 0 Å². The van der Waals surface area contributed by atoms with Crippen LogP contribution in [0, 0.1) is 0 Å². The van der Waals surface area contributed by atoms with Gasteiger partial charge >= 0.3 is 0 Å². The second-order valence-corrected chi connectivity index (χ2v) is 4.86. The van der Waals surface area contributed by atoms with Crippen LogP contribution in [0.3, 0.4) is 0 Å². The molecule has 96 valence electrons. The molecule has 1 atom stereocenters. The number of anilines is 1. The lowest BCUT2D eigenvalue weighted by Crippen LogP contribution is -2.45. The van der Waals surface area contributed by atoms with Gasteiger partial charge in [-0.1, -0.05) is 12.1 Å². The van der Waals surface area contributed by atoms with Crippen molar-refractivity contribution in [2.24, 2.45) is 0 Å². The summed E-state index contributed by atoms with van der Waals surface area (Å²) in [4.78, 5) is 6.91. The topological polar surface area (TPSA) is 41.3 Å². The van der Waals surface area contributed by atoms with Gasteiger partial charge in [-0.3, -0.25) is 0 Å². The fraction of sp³-hybridized carbons (Fsp3) is 0.500. The maximum atomic E-state index is 5.87. The molecule has 1 N–H and O–H groups in total. The number of nitrogens with zero attached hydrogens (tertiary/aromatic N) is 2. The first-order valence-corrected chi connectivity index (χ1v) is 6.65. The fourth-order valence-corrected chi connectivity index (χ4v) is 2.68. The minimum Gasteiger partial charge on any atom is -0.423 e. The van der Waals surface area contributed by atoms with Crippen LogP contribution in [-0.2, 0) is 0 Å². The van der Waals surface area contributed by atoms with E-state index in [1.165, 1.54) is 19.3 Å². The van der Waals surface area contributed by atoms with Crippen molar-refractivity contribution in [2.45, 2.75) is 25.3 Å². The molecule has 4 nitrogen and oxygen atoms in total. The van der Waals surface area contributed by atoms with Gasteiger partial charge < -0.3 is 14.6 Å². The molecule has 1 fully saturated rings. The molecule has 0 spiro atoms. The van der Waals surface area contributed by atoms with Crippen LogP contribution < -0.4 is 10.2 Å². The van der Waals surface area contributed by atoms with Crippen molar-refractivity contribution in [3.63, 3.8) is 0 Å². The maximum absolute atomic E-state index is 5.87. The Hall–Kier alpha value is -1.55. The van der Waals surface area contributed by atoms with Crippen molar-refractivity contribution >= 4 is 17.1 Å². The molecule has 0 radical (unpaired) electrons. The van der Waals surface area contributed by atoms with E-state index < -0.39 is 0 Å². The number of piperidine rings is 1. The molecular weight excluding hydrogens is 226 g/mol. The van der Waals surface area contributed by atoms with Gasteiger partial charge in [0.15, 0.2) is 5.58 Å². The number of likely N-dealkylation sites (N-methyl/N-ethyl adjacent to an activating group) is 1. The lowest BCUT2D eigenvalue weighted by Gasteiger charge is -2.34. The van der Waals surface area contributed by atoms with Gasteiger partial charge in [0.25, 0.3) is 6.01 Å². The van der Waals surface area contributed by atoms with Crippen molar-refractivity contribution in [1.82, 2.24) is 10.3 Å². The van der Waals surface area contributed by atoms with E-state index >= 15 is 0 Å². The molecule has 1 saturated heterocycles. The Labute approximate surface area is 107 Å². The van der Waals surface area contributed by atoms with Crippen molar-refractivity contribution in [2.75, 3.05) is 25.0 Å². The molecule has 1 aromatic carbocycles. The Morgan fingerprint density at radius 2 is 2.28 bits per heavy atom. The smallest absolute Gasteiger partial charge is 0.298 e. The summed E-state index contributed by atoms with van der Waals surface area (Å²) in [6.45, 7) is 2.03. The highest BCUT2D eigenvalue weighted by Gasteiger charge is 2.25. The number of aromatic nitrogens is 1. The first-order valence-electron chi connectivity index (χ1n) is 6.65. The molecule has 0 saturated carbocycles. The first-order chi connectivity index (χ1) is 8.88. The number of hydrogen-bond donors (Lipinski definition) is 1. The number of para-hydroxylation sites is 2. The van der Waals surface area contributed by atoms with Gasteiger partial charge in [0.05, 0.1) is 0 Å². The predicted octanol–water partition coefficient (Wildman–Crippen LogP) is 2.41. The van der Waals surface area contributed by atoms with Crippen LogP contribution in [0.15, 0.2) is 28.7 Å². The summed E-state index contributed by atoms with van der Waals surface area (Å²) in [5, 5.41) is 3.26. The van der Waals surface area contributed by atoms with Crippen LogP contribution in [0.25, 0.3) is 11.1 Å². The Kier molecular flexibility index (Phi) is 3.19. The minimum atomic E-state index is 0.497. The van der Waals surface area contributed by atoms with Crippen LogP contribution in [0.4, 0.5) is 6.01 Å². The molecule has 3 rings (SSSR count). The summed E-state index contributed by atoms with van der Waals surface area (Å²) in [6, 6.07) is 9.23. The van der Waals surface area contributed by atoms with E-state index in [-0.39, 0.29) is 0 Å². The highest BCUT2D eigenvalue weighted by atomic mass is 16.4. The van der Waals surface area contributed by atoms with Gasteiger partial charge in [0, 0.05) is 19.1 Å². The number of rotatable bonds is 3. The zero-order valence-corrected chi connectivity index (χ0v) is 10.7.